The summed E-state index contributed by atoms with van der Waals surface area (Å²) in [6.07, 6.45) is 3.81. The Bertz CT molecular complexity index is 1220. The predicted octanol–water partition coefficient (Wildman–Crippen LogP) is 5.37. The number of amides is 1. The van der Waals surface area contributed by atoms with Crippen LogP contribution in [0.15, 0.2) is 94.2 Å². The Labute approximate surface area is 184 Å². The number of carbonyl (C=O) groups excluding carboxylic acids is 3. The van der Waals surface area contributed by atoms with E-state index in [4.69, 9.17) is 8.83 Å². The second-order valence-electron chi connectivity index (χ2n) is 7.24. The van der Waals surface area contributed by atoms with Crippen LogP contribution in [0.5, 0.6) is 0 Å². The number of Topliss-reactive ketones (excluding diaryl/α,β-unsaturated/α-hetero) is 2. The summed E-state index contributed by atoms with van der Waals surface area (Å²) in [6.45, 7) is 0. The first-order valence-electron chi connectivity index (χ1n) is 10.2. The van der Waals surface area contributed by atoms with E-state index in [-0.39, 0.29) is 30.2 Å². The molecule has 4 rings (SSSR count). The maximum Gasteiger partial charge on any atom is 0.291 e. The van der Waals surface area contributed by atoms with Gasteiger partial charge in [0.05, 0.1) is 18.2 Å². The topological polar surface area (TPSA) is 89.5 Å². The molecule has 2 aromatic carbocycles. The smallest absolute Gasteiger partial charge is 0.291 e. The van der Waals surface area contributed by atoms with Crippen molar-refractivity contribution in [3.8, 4) is 0 Å². The lowest BCUT2D eigenvalue weighted by Crippen LogP contribution is -2.16. The third-order valence-corrected chi connectivity index (χ3v) is 5.07. The monoisotopic (exact) mass is 427 g/mol. The van der Waals surface area contributed by atoms with E-state index in [1.54, 1.807) is 73.0 Å². The van der Waals surface area contributed by atoms with E-state index >= 15 is 0 Å². The van der Waals surface area contributed by atoms with E-state index in [0.717, 1.165) is 5.76 Å². The van der Waals surface area contributed by atoms with Crippen molar-refractivity contribution >= 4 is 23.2 Å². The molecule has 0 atom stereocenters. The number of benzene rings is 2. The zero-order chi connectivity index (χ0) is 22.3. The van der Waals surface area contributed by atoms with Gasteiger partial charge in [0.2, 0.25) is 0 Å². The average molecular weight is 427 g/mol. The van der Waals surface area contributed by atoms with Gasteiger partial charge in [-0.2, -0.15) is 0 Å². The maximum absolute atomic E-state index is 13.1. The minimum Gasteiger partial charge on any atom is -0.469 e. The molecule has 2 aromatic heterocycles. The minimum absolute atomic E-state index is 0.0380. The van der Waals surface area contributed by atoms with Gasteiger partial charge in [-0.25, -0.2) is 0 Å². The van der Waals surface area contributed by atoms with Gasteiger partial charge in [0.15, 0.2) is 17.3 Å². The molecule has 0 radical (unpaired) electrons. The molecule has 0 aliphatic heterocycles. The molecule has 1 amide bonds. The van der Waals surface area contributed by atoms with E-state index in [9.17, 15) is 14.4 Å². The number of furan rings is 2. The van der Waals surface area contributed by atoms with Crippen LogP contribution in [0.3, 0.4) is 0 Å². The number of nitrogens with one attached hydrogen (secondary N) is 1. The van der Waals surface area contributed by atoms with Crippen LogP contribution < -0.4 is 5.32 Å². The minimum atomic E-state index is -0.441. The molecule has 0 aliphatic rings. The number of anilines is 1. The van der Waals surface area contributed by atoms with Crippen LogP contribution in [-0.2, 0) is 12.8 Å². The van der Waals surface area contributed by atoms with Crippen molar-refractivity contribution in [3.05, 3.63) is 114 Å². The summed E-state index contributed by atoms with van der Waals surface area (Å²) < 4.78 is 10.4. The predicted molar refractivity (Wildman–Crippen MR) is 119 cm³/mol. The van der Waals surface area contributed by atoms with Crippen molar-refractivity contribution in [1.29, 1.82) is 0 Å². The Hall–Kier alpha value is -4.19. The van der Waals surface area contributed by atoms with E-state index in [1.807, 2.05) is 6.07 Å². The SMILES string of the molecule is O=C(Nc1ccccc1C(=O)Cc1ccccc1C(=O)CCc1ccco1)c1ccco1. The lowest BCUT2D eigenvalue weighted by molar-refractivity contribution is 0.0976. The molecule has 32 heavy (non-hydrogen) atoms. The van der Waals surface area contributed by atoms with Gasteiger partial charge in [0.25, 0.3) is 5.91 Å². The normalized spacial score (nSPS) is 10.6. The number of rotatable bonds is 9. The zero-order valence-corrected chi connectivity index (χ0v) is 17.2. The van der Waals surface area contributed by atoms with Crippen LogP contribution in [-0.4, -0.2) is 17.5 Å². The summed E-state index contributed by atoms with van der Waals surface area (Å²) >= 11 is 0. The first-order chi connectivity index (χ1) is 15.6. The second-order valence-corrected chi connectivity index (χ2v) is 7.24. The third-order valence-electron chi connectivity index (χ3n) is 5.07. The molecule has 1 N–H and O–H groups in total. The lowest BCUT2D eigenvalue weighted by Gasteiger charge is -2.11. The Morgan fingerprint density at radius 1 is 0.719 bits per heavy atom. The third kappa shape index (κ3) is 4.92. The fraction of sp³-hybridized carbons (Fsp3) is 0.115. The zero-order valence-electron chi connectivity index (χ0n) is 17.2. The van der Waals surface area contributed by atoms with Gasteiger partial charge in [0, 0.05) is 30.4 Å². The molecule has 0 unspecified atom stereocenters. The molecule has 160 valence electrons. The first kappa shape index (κ1) is 21.1. The fourth-order valence-electron chi connectivity index (χ4n) is 3.47. The number of para-hydroxylation sites is 1. The summed E-state index contributed by atoms with van der Waals surface area (Å²) in [4.78, 5) is 38.3. The average Bonchev–Trinajstić information content (AvgIpc) is 3.52. The molecule has 4 aromatic rings. The maximum atomic E-state index is 13.1. The van der Waals surface area contributed by atoms with Crippen LogP contribution in [0, 0.1) is 0 Å². The molecule has 0 fully saturated rings. The highest BCUT2D eigenvalue weighted by Gasteiger charge is 2.19. The summed E-state index contributed by atoms with van der Waals surface area (Å²) in [5, 5.41) is 2.72. The molecule has 2 heterocycles. The van der Waals surface area contributed by atoms with E-state index in [1.165, 1.54) is 6.26 Å². The molecule has 6 heteroatoms. The van der Waals surface area contributed by atoms with Crippen molar-refractivity contribution in [2.45, 2.75) is 19.3 Å². The molecule has 0 bridgehead atoms. The van der Waals surface area contributed by atoms with Gasteiger partial charge >= 0.3 is 0 Å². The molecular weight excluding hydrogens is 406 g/mol. The number of ketones is 2. The highest BCUT2D eigenvalue weighted by molar-refractivity contribution is 6.09. The quantitative estimate of drug-likeness (QED) is 0.363. The molecular formula is C26H21NO5. The number of hydrogen-bond acceptors (Lipinski definition) is 5. The fourth-order valence-corrected chi connectivity index (χ4v) is 3.47. The van der Waals surface area contributed by atoms with Crippen molar-refractivity contribution in [1.82, 2.24) is 0 Å². The Balaban J connectivity index is 1.50. The number of aryl methyl sites for hydroxylation is 1. The molecule has 0 spiro atoms. The largest absolute Gasteiger partial charge is 0.469 e. The van der Waals surface area contributed by atoms with Gasteiger partial charge in [-0.3, -0.25) is 14.4 Å². The number of carbonyl (C=O) groups is 3. The molecule has 0 aliphatic carbocycles. The molecule has 0 saturated carbocycles. The second kappa shape index (κ2) is 9.75. The van der Waals surface area contributed by atoms with Gasteiger partial charge in [0.1, 0.15) is 5.76 Å². The van der Waals surface area contributed by atoms with Gasteiger partial charge in [-0.15, -0.1) is 0 Å². The van der Waals surface area contributed by atoms with Crippen molar-refractivity contribution < 1.29 is 23.2 Å². The van der Waals surface area contributed by atoms with Crippen molar-refractivity contribution in [3.63, 3.8) is 0 Å². The van der Waals surface area contributed by atoms with Gasteiger partial charge < -0.3 is 14.2 Å². The molecule has 0 saturated heterocycles. The Morgan fingerprint density at radius 3 is 2.19 bits per heavy atom. The standard InChI is InChI=1S/C26H21NO5/c28-23(14-13-19-8-5-15-31-19)20-9-2-1-7-18(20)17-24(29)21-10-3-4-11-22(21)27-26(30)25-12-6-16-32-25/h1-12,15-16H,13-14,17H2,(H,27,30). The van der Waals surface area contributed by atoms with Gasteiger partial charge in [-0.05, 0) is 42.0 Å². The van der Waals surface area contributed by atoms with Crippen LogP contribution >= 0.6 is 0 Å². The van der Waals surface area contributed by atoms with Gasteiger partial charge in [-0.1, -0.05) is 36.4 Å². The van der Waals surface area contributed by atoms with Crippen LogP contribution in [0.25, 0.3) is 0 Å². The van der Waals surface area contributed by atoms with E-state index in [0.29, 0.717) is 28.8 Å². The van der Waals surface area contributed by atoms with Crippen LogP contribution in [0.2, 0.25) is 0 Å². The summed E-state index contributed by atoms with van der Waals surface area (Å²) in [5.74, 6) is 0.201. The summed E-state index contributed by atoms with van der Waals surface area (Å²) in [5.41, 5.74) is 1.92. The summed E-state index contributed by atoms with van der Waals surface area (Å²) in [6, 6.07) is 20.7. The van der Waals surface area contributed by atoms with Crippen molar-refractivity contribution in [2.24, 2.45) is 0 Å². The Kier molecular flexibility index (Phi) is 6.41. The Morgan fingerprint density at radius 2 is 1.44 bits per heavy atom. The van der Waals surface area contributed by atoms with Crippen LogP contribution in [0.1, 0.15) is 49.0 Å². The summed E-state index contributed by atoms with van der Waals surface area (Å²) in [7, 11) is 0. The first-order valence-corrected chi connectivity index (χ1v) is 10.2. The number of hydrogen-bond donors (Lipinski definition) is 1. The lowest BCUT2D eigenvalue weighted by atomic mass is 9.94. The van der Waals surface area contributed by atoms with E-state index < -0.39 is 5.91 Å². The highest BCUT2D eigenvalue weighted by Crippen LogP contribution is 2.21. The van der Waals surface area contributed by atoms with Crippen LogP contribution in [0.4, 0.5) is 5.69 Å². The molecule has 6 nitrogen and oxygen atoms in total. The highest BCUT2D eigenvalue weighted by atomic mass is 16.3. The van der Waals surface area contributed by atoms with Crippen molar-refractivity contribution in [2.75, 3.05) is 5.32 Å². The van der Waals surface area contributed by atoms with E-state index in [2.05, 4.69) is 5.32 Å².